The summed E-state index contributed by atoms with van der Waals surface area (Å²) in [6, 6.07) is 9.29. The quantitative estimate of drug-likeness (QED) is 0.926. The summed E-state index contributed by atoms with van der Waals surface area (Å²) in [5.74, 6) is 0. The summed E-state index contributed by atoms with van der Waals surface area (Å²) >= 11 is 0. The monoisotopic (exact) mass is 337 g/mol. The van der Waals surface area contributed by atoms with Crippen LogP contribution in [0.25, 0.3) is 6.20 Å². The molecule has 0 radical (unpaired) electrons. The topological polar surface area (TPSA) is 41.3 Å². The Bertz CT molecular complexity index is 763. The van der Waals surface area contributed by atoms with Crippen LogP contribution in [0.4, 0.5) is 0 Å². The zero-order valence-electron chi connectivity index (χ0n) is 15.2. The number of nitrogens with zero attached hydrogens (tertiary/aromatic N) is 3. The van der Waals surface area contributed by atoms with Crippen molar-refractivity contribution in [1.29, 1.82) is 0 Å². The van der Waals surface area contributed by atoms with Gasteiger partial charge in [-0.25, -0.2) is 4.68 Å². The molecule has 2 aliphatic heterocycles. The predicted molar refractivity (Wildman–Crippen MR) is 100 cm³/mol. The molecule has 1 aromatic heterocycles. The third-order valence-electron chi connectivity index (χ3n) is 6.06. The fourth-order valence-corrected chi connectivity index (χ4v) is 4.64. The molecular formula is C21H27N3O. The fourth-order valence-electron chi connectivity index (χ4n) is 4.64. The first-order valence-electron chi connectivity index (χ1n) is 9.21. The second kappa shape index (κ2) is 6.11. The largest absolute Gasteiger partial charge is 0.385 e. The highest BCUT2D eigenvalue weighted by Crippen LogP contribution is 2.46. The fraction of sp³-hybridized carbons (Fsp3) is 0.476. The summed E-state index contributed by atoms with van der Waals surface area (Å²) < 4.78 is 1.79. The Morgan fingerprint density at radius 3 is 2.40 bits per heavy atom. The lowest BCUT2D eigenvalue weighted by Gasteiger charge is -2.44. The highest BCUT2D eigenvalue weighted by atomic mass is 16.3. The molecule has 4 nitrogen and oxygen atoms in total. The van der Waals surface area contributed by atoms with Crippen molar-refractivity contribution in [3.63, 3.8) is 0 Å². The normalized spacial score (nSPS) is 29.1. The third-order valence-corrected chi connectivity index (χ3v) is 6.06. The molecule has 2 fully saturated rings. The van der Waals surface area contributed by atoms with E-state index in [-0.39, 0.29) is 0 Å². The minimum atomic E-state index is -0.684. The summed E-state index contributed by atoms with van der Waals surface area (Å²) in [5, 5.41) is 15.8. The Labute approximate surface area is 149 Å². The lowest BCUT2D eigenvalue weighted by molar-refractivity contribution is -0.0595. The predicted octanol–water partition coefficient (Wildman–Crippen LogP) is 3.62. The Morgan fingerprint density at radius 2 is 1.84 bits per heavy atom. The van der Waals surface area contributed by atoms with E-state index in [4.69, 9.17) is 0 Å². The van der Waals surface area contributed by atoms with Gasteiger partial charge in [-0.3, -0.25) is 4.90 Å². The first kappa shape index (κ1) is 16.6. The molecule has 4 rings (SSSR count). The van der Waals surface area contributed by atoms with Gasteiger partial charge in [0.25, 0.3) is 0 Å². The molecule has 3 heterocycles. The number of aromatic nitrogens is 2. The van der Waals surface area contributed by atoms with Gasteiger partial charge in [0.1, 0.15) is 0 Å². The van der Waals surface area contributed by atoms with E-state index in [9.17, 15) is 5.11 Å². The van der Waals surface area contributed by atoms with Crippen LogP contribution in [0.3, 0.4) is 0 Å². The first-order valence-corrected chi connectivity index (χ1v) is 9.21. The number of aryl methyl sites for hydroxylation is 2. The number of rotatable bonds is 4. The zero-order valence-corrected chi connectivity index (χ0v) is 15.2. The second-order valence-electron chi connectivity index (χ2n) is 7.77. The van der Waals surface area contributed by atoms with Crippen molar-refractivity contribution in [1.82, 2.24) is 14.7 Å². The molecule has 0 amide bonds. The van der Waals surface area contributed by atoms with Gasteiger partial charge in [0, 0.05) is 36.6 Å². The molecule has 0 spiro atoms. The first-order chi connectivity index (χ1) is 12.0. The van der Waals surface area contributed by atoms with Gasteiger partial charge >= 0.3 is 0 Å². The van der Waals surface area contributed by atoms with Gasteiger partial charge in [-0.1, -0.05) is 36.4 Å². The van der Waals surface area contributed by atoms with Gasteiger partial charge in [0.15, 0.2) is 0 Å². The van der Waals surface area contributed by atoms with E-state index in [1.165, 1.54) is 24.0 Å². The van der Waals surface area contributed by atoms with Crippen molar-refractivity contribution in [3.8, 4) is 0 Å². The average molecular weight is 337 g/mol. The highest BCUT2D eigenvalue weighted by molar-refractivity contribution is 5.29. The number of hydrogen-bond donors (Lipinski definition) is 1. The molecule has 2 aliphatic rings. The van der Waals surface area contributed by atoms with Crippen molar-refractivity contribution in [3.05, 3.63) is 59.4 Å². The van der Waals surface area contributed by atoms with Crippen LogP contribution in [-0.2, 0) is 12.1 Å². The van der Waals surface area contributed by atoms with Crippen LogP contribution in [0.1, 0.15) is 48.1 Å². The Kier molecular flexibility index (Phi) is 4.05. The number of aliphatic hydroxyl groups is 1. The number of benzene rings is 1. The van der Waals surface area contributed by atoms with E-state index in [1.807, 2.05) is 0 Å². The van der Waals surface area contributed by atoms with Gasteiger partial charge in [-0.05, 0) is 45.1 Å². The zero-order chi connectivity index (χ0) is 17.6. The number of hydrogen-bond acceptors (Lipinski definition) is 3. The third kappa shape index (κ3) is 2.94. The van der Waals surface area contributed by atoms with E-state index in [0.717, 1.165) is 30.6 Å². The molecule has 0 saturated carbocycles. The lowest BCUT2D eigenvalue weighted by atomic mass is 9.80. The standard InChI is InChI=1S/C21H27N3O/c1-4-23-13-17(16(3)22-23)14-24-19-9-10-20(24)12-21(25,11-19)18-7-5-15(2)6-8-18/h4-8,13,19-20,25H,1,9-12,14H2,2-3H3. The molecule has 2 unspecified atom stereocenters. The van der Waals surface area contributed by atoms with E-state index in [1.54, 1.807) is 10.9 Å². The van der Waals surface area contributed by atoms with E-state index in [0.29, 0.717) is 12.1 Å². The number of fused-ring (bicyclic) bond motifs is 2. The molecule has 0 aliphatic carbocycles. The molecule has 1 N–H and O–H groups in total. The molecule has 4 heteroatoms. The van der Waals surface area contributed by atoms with Crippen LogP contribution in [0, 0.1) is 13.8 Å². The van der Waals surface area contributed by atoms with Crippen LogP contribution < -0.4 is 0 Å². The molecular weight excluding hydrogens is 310 g/mol. The molecule has 2 atom stereocenters. The summed E-state index contributed by atoms with van der Waals surface area (Å²) in [5.41, 5.74) is 3.96. The van der Waals surface area contributed by atoms with Gasteiger partial charge < -0.3 is 5.11 Å². The molecule has 25 heavy (non-hydrogen) atoms. The van der Waals surface area contributed by atoms with Crippen LogP contribution >= 0.6 is 0 Å². The Hall–Kier alpha value is -1.91. The lowest BCUT2D eigenvalue weighted by Crippen LogP contribution is -2.49. The van der Waals surface area contributed by atoms with Gasteiger partial charge in [0.05, 0.1) is 11.3 Å². The molecule has 2 saturated heterocycles. The Morgan fingerprint density at radius 1 is 1.20 bits per heavy atom. The maximum Gasteiger partial charge on any atom is 0.0926 e. The van der Waals surface area contributed by atoms with Gasteiger partial charge in [-0.15, -0.1) is 0 Å². The summed E-state index contributed by atoms with van der Waals surface area (Å²) in [4.78, 5) is 2.58. The van der Waals surface area contributed by atoms with Crippen molar-refractivity contribution in [2.24, 2.45) is 0 Å². The van der Waals surface area contributed by atoms with Crippen molar-refractivity contribution in [2.45, 2.75) is 63.8 Å². The summed E-state index contributed by atoms with van der Waals surface area (Å²) in [6.07, 6.45) is 7.80. The molecule has 2 aromatic rings. The van der Waals surface area contributed by atoms with Crippen molar-refractivity contribution < 1.29 is 5.11 Å². The molecule has 132 valence electrons. The molecule has 1 aromatic carbocycles. The van der Waals surface area contributed by atoms with Crippen molar-refractivity contribution >= 4 is 6.20 Å². The van der Waals surface area contributed by atoms with Gasteiger partial charge in [0.2, 0.25) is 0 Å². The van der Waals surface area contributed by atoms with Crippen LogP contribution in [0.2, 0.25) is 0 Å². The van der Waals surface area contributed by atoms with E-state index < -0.39 is 5.60 Å². The van der Waals surface area contributed by atoms with Crippen molar-refractivity contribution in [2.75, 3.05) is 0 Å². The van der Waals surface area contributed by atoms with Gasteiger partial charge in [-0.2, -0.15) is 5.10 Å². The van der Waals surface area contributed by atoms with E-state index >= 15 is 0 Å². The number of piperidine rings is 1. The Balaban J connectivity index is 1.54. The van der Waals surface area contributed by atoms with Crippen LogP contribution in [0.15, 0.2) is 37.0 Å². The maximum atomic E-state index is 11.3. The average Bonchev–Trinajstić information content (AvgIpc) is 3.06. The smallest absolute Gasteiger partial charge is 0.0926 e. The van der Waals surface area contributed by atoms with Crippen LogP contribution in [0.5, 0.6) is 0 Å². The highest BCUT2D eigenvalue weighted by Gasteiger charge is 2.48. The summed E-state index contributed by atoms with van der Waals surface area (Å²) in [7, 11) is 0. The van der Waals surface area contributed by atoms with Crippen LogP contribution in [-0.4, -0.2) is 31.9 Å². The minimum absolute atomic E-state index is 0.441. The summed E-state index contributed by atoms with van der Waals surface area (Å²) in [6.45, 7) is 8.85. The minimum Gasteiger partial charge on any atom is -0.385 e. The second-order valence-corrected chi connectivity index (χ2v) is 7.77. The SMILES string of the molecule is C=Cn1cc(CN2C3CCC2CC(O)(c2ccc(C)cc2)C3)c(C)n1. The maximum absolute atomic E-state index is 11.3. The van der Waals surface area contributed by atoms with E-state index in [2.05, 4.69) is 60.9 Å². The molecule has 2 bridgehead atoms.